The number of carboxylic acids is 1. The summed E-state index contributed by atoms with van der Waals surface area (Å²) in [7, 11) is 0. The summed E-state index contributed by atoms with van der Waals surface area (Å²) in [6.45, 7) is 8.58. The lowest BCUT2D eigenvalue weighted by Gasteiger charge is -2.42. The van der Waals surface area contributed by atoms with Gasteiger partial charge in [-0.25, -0.2) is 4.79 Å². The summed E-state index contributed by atoms with van der Waals surface area (Å²) < 4.78 is 0. The summed E-state index contributed by atoms with van der Waals surface area (Å²) >= 11 is 0. The highest BCUT2D eigenvalue weighted by Crippen LogP contribution is 2.56. The minimum atomic E-state index is -0.913. The Labute approximate surface area is 171 Å². The second-order valence-electron chi connectivity index (χ2n) is 8.21. The molecule has 0 unspecified atom stereocenters. The number of hydrogen-bond donors (Lipinski definition) is 2. The van der Waals surface area contributed by atoms with E-state index in [2.05, 4.69) is 45.9 Å². The Morgan fingerprint density at radius 3 is 1.83 bits per heavy atom. The zero-order valence-corrected chi connectivity index (χ0v) is 17.6. The molecule has 3 aromatic rings. The van der Waals surface area contributed by atoms with Crippen LogP contribution in [-0.4, -0.2) is 21.3 Å². The lowest BCUT2D eigenvalue weighted by atomic mass is 9.81. The number of benzene rings is 3. The van der Waals surface area contributed by atoms with E-state index in [1.54, 1.807) is 17.2 Å². The molecule has 0 spiro atoms. The van der Waals surface area contributed by atoms with E-state index in [1.165, 1.54) is 11.1 Å². The number of hydrogen-bond acceptors (Lipinski definition) is 3. The third-order valence-electron chi connectivity index (χ3n) is 7.37. The highest BCUT2D eigenvalue weighted by molar-refractivity contribution is 6.09. The molecule has 0 saturated carbocycles. The van der Waals surface area contributed by atoms with Gasteiger partial charge in [-0.2, -0.15) is 5.06 Å². The van der Waals surface area contributed by atoms with E-state index in [1.807, 2.05) is 12.1 Å². The van der Waals surface area contributed by atoms with Crippen LogP contribution in [0.15, 0.2) is 42.5 Å². The molecule has 0 fully saturated rings. The summed E-state index contributed by atoms with van der Waals surface area (Å²) in [5, 5.41) is 26.6. The van der Waals surface area contributed by atoms with Crippen LogP contribution >= 0.6 is 0 Å². The molecule has 0 bridgehead atoms. The Morgan fingerprint density at radius 2 is 1.31 bits per heavy atom. The quantitative estimate of drug-likeness (QED) is 0.492. The van der Waals surface area contributed by atoms with E-state index in [-0.39, 0.29) is 5.54 Å². The molecule has 0 radical (unpaired) electrons. The largest absolute Gasteiger partial charge is 0.478 e. The van der Waals surface area contributed by atoms with Gasteiger partial charge in [0.15, 0.2) is 0 Å². The minimum absolute atomic E-state index is 0.298. The maximum absolute atomic E-state index is 11.5. The number of aromatic carboxylic acids is 1. The van der Waals surface area contributed by atoms with E-state index < -0.39 is 11.5 Å². The van der Waals surface area contributed by atoms with Gasteiger partial charge in [0.05, 0.1) is 16.6 Å². The van der Waals surface area contributed by atoms with Gasteiger partial charge in [0.1, 0.15) is 0 Å². The second kappa shape index (κ2) is 6.82. The van der Waals surface area contributed by atoms with Crippen molar-refractivity contribution in [3.63, 3.8) is 0 Å². The Hall–Kier alpha value is -2.43. The highest BCUT2D eigenvalue weighted by atomic mass is 16.5. The fourth-order valence-electron chi connectivity index (χ4n) is 5.51. The summed E-state index contributed by atoms with van der Waals surface area (Å²) in [6, 6.07) is 13.9. The summed E-state index contributed by atoms with van der Waals surface area (Å²) in [6.07, 6.45) is 3.34. The van der Waals surface area contributed by atoms with Crippen molar-refractivity contribution in [3.05, 3.63) is 59.2 Å². The topological polar surface area (TPSA) is 60.8 Å². The van der Waals surface area contributed by atoms with Crippen molar-refractivity contribution in [2.75, 3.05) is 0 Å². The normalized spacial score (nSPS) is 17.7. The summed E-state index contributed by atoms with van der Waals surface area (Å²) in [5.41, 5.74) is 1.95. The van der Waals surface area contributed by atoms with Crippen LogP contribution < -0.4 is 0 Å². The van der Waals surface area contributed by atoms with Crippen LogP contribution in [0.4, 0.5) is 0 Å². The maximum Gasteiger partial charge on any atom is 0.335 e. The molecule has 1 aliphatic rings. The maximum atomic E-state index is 11.5. The van der Waals surface area contributed by atoms with Gasteiger partial charge < -0.3 is 10.3 Å². The van der Waals surface area contributed by atoms with Crippen molar-refractivity contribution in [2.45, 2.75) is 64.5 Å². The summed E-state index contributed by atoms with van der Waals surface area (Å²) in [5.74, 6) is -0.913. The predicted octanol–water partition coefficient (Wildman–Crippen LogP) is 6.43. The van der Waals surface area contributed by atoms with Gasteiger partial charge in [-0.15, -0.1) is 0 Å². The highest BCUT2D eigenvalue weighted by Gasteiger charge is 2.55. The van der Waals surface area contributed by atoms with Crippen LogP contribution in [0.2, 0.25) is 0 Å². The number of rotatable bonds is 5. The fraction of sp³-hybridized carbons (Fsp3) is 0.400. The molecule has 4 nitrogen and oxygen atoms in total. The molecule has 152 valence electrons. The van der Waals surface area contributed by atoms with Gasteiger partial charge in [-0.1, -0.05) is 45.9 Å². The van der Waals surface area contributed by atoms with Gasteiger partial charge in [0.25, 0.3) is 0 Å². The molecule has 0 aromatic heterocycles. The molecular weight excluding hydrogens is 362 g/mol. The van der Waals surface area contributed by atoms with Gasteiger partial charge in [-0.3, -0.25) is 0 Å². The molecule has 1 heterocycles. The van der Waals surface area contributed by atoms with Crippen molar-refractivity contribution in [1.82, 2.24) is 5.06 Å². The van der Waals surface area contributed by atoms with E-state index in [0.717, 1.165) is 47.2 Å². The van der Waals surface area contributed by atoms with Crippen LogP contribution in [0, 0.1) is 0 Å². The number of carboxylic acid groups (broad SMARTS) is 1. The minimum Gasteiger partial charge on any atom is -0.478 e. The SMILES string of the molecule is CCC1(CC)c2cc3ccc4cc(C(=O)O)ccc4c3cc2C(CC)(CC)N1O. The second-order valence-corrected chi connectivity index (χ2v) is 8.21. The first-order valence-corrected chi connectivity index (χ1v) is 10.6. The monoisotopic (exact) mass is 391 g/mol. The number of carbonyl (C=O) groups is 1. The van der Waals surface area contributed by atoms with Crippen molar-refractivity contribution < 1.29 is 15.1 Å². The van der Waals surface area contributed by atoms with E-state index >= 15 is 0 Å². The Kier molecular flexibility index (Phi) is 4.67. The van der Waals surface area contributed by atoms with Crippen molar-refractivity contribution >= 4 is 27.5 Å². The van der Waals surface area contributed by atoms with E-state index in [9.17, 15) is 15.1 Å². The molecule has 0 saturated heterocycles. The zero-order valence-electron chi connectivity index (χ0n) is 17.6. The van der Waals surface area contributed by atoms with Gasteiger partial charge in [0, 0.05) is 0 Å². The first-order valence-electron chi connectivity index (χ1n) is 10.6. The molecule has 0 amide bonds. The lowest BCUT2D eigenvalue weighted by molar-refractivity contribution is -0.241. The lowest BCUT2D eigenvalue weighted by Crippen LogP contribution is -2.48. The molecule has 0 atom stereocenters. The van der Waals surface area contributed by atoms with Crippen molar-refractivity contribution in [1.29, 1.82) is 0 Å². The molecule has 3 aromatic carbocycles. The van der Waals surface area contributed by atoms with Crippen molar-refractivity contribution in [2.24, 2.45) is 0 Å². The van der Waals surface area contributed by atoms with E-state index in [0.29, 0.717) is 5.56 Å². The summed E-state index contributed by atoms with van der Waals surface area (Å²) in [4.78, 5) is 11.4. The van der Waals surface area contributed by atoms with Crippen LogP contribution in [-0.2, 0) is 11.1 Å². The molecule has 1 aliphatic heterocycles. The Balaban J connectivity index is 2.08. The third-order valence-corrected chi connectivity index (χ3v) is 7.37. The standard InChI is InChI=1S/C25H29NO3/c1-5-24(6-2)21-14-17-10-9-16-13-18(23(27)28)11-12-19(16)20(17)15-22(21)25(7-3,8-4)26(24)29/h9-15,29H,5-8H2,1-4H3,(H,27,28). The number of fused-ring (bicyclic) bond motifs is 4. The number of hydroxylamine groups is 2. The van der Waals surface area contributed by atoms with Crippen LogP contribution in [0.1, 0.15) is 74.9 Å². The first-order chi connectivity index (χ1) is 13.9. The molecule has 29 heavy (non-hydrogen) atoms. The van der Waals surface area contributed by atoms with Gasteiger partial charge >= 0.3 is 5.97 Å². The van der Waals surface area contributed by atoms with Crippen LogP contribution in [0.25, 0.3) is 21.5 Å². The Morgan fingerprint density at radius 1 is 0.793 bits per heavy atom. The van der Waals surface area contributed by atoms with Gasteiger partial charge in [-0.05, 0) is 82.6 Å². The molecule has 4 heteroatoms. The van der Waals surface area contributed by atoms with E-state index in [4.69, 9.17) is 0 Å². The fourth-order valence-corrected chi connectivity index (χ4v) is 5.51. The zero-order chi connectivity index (χ0) is 21.0. The number of nitrogens with zero attached hydrogens (tertiary/aromatic N) is 1. The molecule has 0 aliphatic carbocycles. The third kappa shape index (κ3) is 2.49. The predicted molar refractivity (Wildman–Crippen MR) is 117 cm³/mol. The van der Waals surface area contributed by atoms with Crippen LogP contribution in [0.3, 0.4) is 0 Å². The Bertz CT molecular complexity index is 1110. The smallest absolute Gasteiger partial charge is 0.335 e. The first kappa shape index (κ1) is 19.9. The van der Waals surface area contributed by atoms with Gasteiger partial charge in [0.2, 0.25) is 0 Å². The van der Waals surface area contributed by atoms with Crippen molar-refractivity contribution in [3.8, 4) is 0 Å². The molecular formula is C25H29NO3. The molecule has 4 rings (SSSR count). The molecule has 2 N–H and O–H groups in total. The average Bonchev–Trinajstić information content (AvgIpc) is 2.95. The van der Waals surface area contributed by atoms with Crippen LogP contribution in [0.5, 0.6) is 0 Å². The average molecular weight is 392 g/mol.